The van der Waals surface area contributed by atoms with Gasteiger partial charge in [-0.3, -0.25) is 10.1 Å². The van der Waals surface area contributed by atoms with Crippen molar-refractivity contribution >= 4 is 17.5 Å². The highest BCUT2D eigenvalue weighted by Gasteiger charge is 2.24. The second-order valence-electron chi connectivity index (χ2n) is 8.12. The molecule has 3 aromatic rings. The first-order valence-electron chi connectivity index (χ1n) is 10.5. The minimum absolute atomic E-state index is 0.0446. The largest absolute Gasteiger partial charge is 0.360 e. The van der Waals surface area contributed by atoms with Crippen molar-refractivity contribution in [1.82, 2.24) is 5.16 Å². The highest BCUT2D eigenvalue weighted by molar-refractivity contribution is 5.90. The Hall–Kier alpha value is -3.12. The molecule has 1 fully saturated rings. The molecule has 2 N–H and O–H groups in total. The van der Waals surface area contributed by atoms with Crippen LogP contribution in [0.1, 0.15) is 16.7 Å². The number of benzene rings is 2. The Bertz CT molecular complexity index is 1020. The highest BCUT2D eigenvalue weighted by atomic mass is 16.5. The minimum Gasteiger partial charge on any atom is -0.360 e. The van der Waals surface area contributed by atoms with Gasteiger partial charge in [0.15, 0.2) is 6.54 Å². The Morgan fingerprint density at radius 2 is 1.83 bits per heavy atom. The first-order chi connectivity index (χ1) is 14.5. The first kappa shape index (κ1) is 20.2. The molecule has 4 rings (SSSR count). The second-order valence-corrected chi connectivity index (χ2v) is 8.12. The van der Waals surface area contributed by atoms with Gasteiger partial charge in [0.2, 0.25) is 5.88 Å². The van der Waals surface area contributed by atoms with E-state index in [1.165, 1.54) is 27.3 Å². The molecule has 156 valence electrons. The van der Waals surface area contributed by atoms with Gasteiger partial charge < -0.3 is 14.3 Å². The Morgan fingerprint density at radius 1 is 1.10 bits per heavy atom. The van der Waals surface area contributed by atoms with Crippen molar-refractivity contribution in [2.24, 2.45) is 0 Å². The molecular weight excluding hydrogens is 376 g/mol. The van der Waals surface area contributed by atoms with E-state index in [2.05, 4.69) is 47.4 Å². The molecule has 2 aromatic carbocycles. The minimum atomic E-state index is -0.0446. The van der Waals surface area contributed by atoms with Crippen LogP contribution in [0.4, 0.5) is 11.6 Å². The van der Waals surface area contributed by atoms with E-state index < -0.39 is 0 Å². The number of hydrogen-bond acceptors (Lipinski definition) is 4. The van der Waals surface area contributed by atoms with Crippen molar-refractivity contribution in [3.05, 3.63) is 65.2 Å². The van der Waals surface area contributed by atoms with Crippen LogP contribution in [0.2, 0.25) is 0 Å². The molecule has 0 radical (unpaired) electrons. The van der Waals surface area contributed by atoms with Crippen molar-refractivity contribution in [3.8, 4) is 11.3 Å². The van der Waals surface area contributed by atoms with Gasteiger partial charge in [0, 0.05) is 17.3 Å². The van der Waals surface area contributed by atoms with Crippen molar-refractivity contribution in [1.29, 1.82) is 0 Å². The average molecular weight is 406 g/mol. The summed E-state index contributed by atoms with van der Waals surface area (Å²) in [5.41, 5.74) is 6.85. The molecular formula is C24H29N4O2+. The third kappa shape index (κ3) is 4.54. The summed E-state index contributed by atoms with van der Waals surface area (Å²) in [6.07, 6.45) is 0. The van der Waals surface area contributed by atoms with E-state index in [-0.39, 0.29) is 5.91 Å². The fourth-order valence-electron chi connectivity index (χ4n) is 3.92. The van der Waals surface area contributed by atoms with Crippen molar-refractivity contribution in [3.63, 3.8) is 0 Å². The van der Waals surface area contributed by atoms with Crippen LogP contribution in [0.5, 0.6) is 0 Å². The number of aryl methyl sites for hydroxylation is 2. The summed E-state index contributed by atoms with van der Waals surface area (Å²) < 4.78 is 5.31. The molecule has 0 spiro atoms. The lowest BCUT2D eigenvalue weighted by atomic mass is 10.1. The zero-order chi connectivity index (χ0) is 21.1. The van der Waals surface area contributed by atoms with Gasteiger partial charge in [-0.15, -0.1) is 0 Å². The number of aromatic nitrogens is 1. The Labute approximate surface area is 177 Å². The lowest BCUT2D eigenvalue weighted by Crippen LogP contribution is -3.15. The molecule has 0 aliphatic carbocycles. The third-order valence-corrected chi connectivity index (χ3v) is 5.92. The number of nitrogens with one attached hydrogen (secondary N) is 2. The number of amides is 1. The molecule has 1 amide bonds. The topological polar surface area (TPSA) is 62.8 Å². The van der Waals surface area contributed by atoms with Crippen LogP contribution in [-0.2, 0) is 4.79 Å². The SMILES string of the molecule is Cc1ccc(-c2cc(NC(=O)C[NH+]3CCN(c4cccc(C)c4C)CC3)on2)cc1. The number of anilines is 2. The predicted octanol–water partition coefficient (Wildman–Crippen LogP) is 2.61. The van der Waals surface area contributed by atoms with Gasteiger partial charge in [0.1, 0.15) is 5.69 Å². The van der Waals surface area contributed by atoms with Crippen molar-refractivity contribution in [2.45, 2.75) is 20.8 Å². The van der Waals surface area contributed by atoms with Crippen LogP contribution in [0.25, 0.3) is 11.3 Å². The summed E-state index contributed by atoms with van der Waals surface area (Å²) in [5, 5.41) is 6.92. The maximum absolute atomic E-state index is 12.5. The summed E-state index contributed by atoms with van der Waals surface area (Å²) in [6.45, 7) is 10.6. The maximum atomic E-state index is 12.5. The zero-order valence-electron chi connectivity index (χ0n) is 17.9. The predicted molar refractivity (Wildman–Crippen MR) is 119 cm³/mol. The van der Waals surface area contributed by atoms with E-state index in [4.69, 9.17) is 4.52 Å². The summed E-state index contributed by atoms with van der Waals surface area (Å²) in [6, 6.07) is 16.3. The number of quaternary nitrogens is 1. The monoisotopic (exact) mass is 405 g/mol. The van der Waals surface area contributed by atoms with E-state index in [0.717, 1.165) is 37.4 Å². The molecule has 30 heavy (non-hydrogen) atoms. The molecule has 0 atom stereocenters. The van der Waals surface area contributed by atoms with Crippen LogP contribution in [0, 0.1) is 20.8 Å². The van der Waals surface area contributed by atoms with Gasteiger partial charge in [-0.1, -0.05) is 47.1 Å². The number of carbonyl (C=O) groups excluding carboxylic acids is 1. The number of hydrogen-bond donors (Lipinski definition) is 2. The highest BCUT2D eigenvalue weighted by Crippen LogP contribution is 2.23. The lowest BCUT2D eigenvalue weighted by Gasteiger charge is -2.34. The number of piperazine rings is 1. The Kier molecular flexibility index (Phi) is 5.86. The zero-order valence-corrected chi connectivity index (χ0v) is 17.9. The normalized spacial score (nSPS) is 14.7. The summed E-state index contributed by atoms with van der Waals surface area (Å²) >= 11 is 0. The van der Waals surface area contributed by atoms with Gasteiger partial charge in [0.05, 0.1) is 26.2 Å². The molecule has 0 unspecified atom stereocenters. The van der Waals surface area contributed by atoms with Crippen LogP contribution in [0.3, 0.4) is 0 Å². The smallest absolute Gasteiger partial charge is 0.281 e. The van der Waals surface area contributed by atoms with Gasteiger partial charge in [-0.05, 0) is 38.0 Å². The van der Waals surface area contributed by atoms with Gasteiger partial charge >= 0.3 is 0 Å². The molecule has 6 nitrogen and oxygen atoms in total. The molecule has 1 aromatic heterocycles. The Morgan fingerprint density at radius 3 is 2.57 bits per heavy atom. The summed E-state index contributed by atoms with van der Waals surface area (Å²) in [7, 11) is 0. The fourth-order valence-corrected chi connectivity index (χ4v) is 3.92. The number of rotatable bonds is 5. The molecule has 1 aliphatic heterocycles. The van der Waals surface area contributed by atoms with Crippen LogP contribution in [-0.4, -0.2) is 43.8 Å². The van der Waals surface area contributed by atoms with Crippen LogP contribution >= 0.6 is 0 Å². The first-order valence-corrected chi connectivity index (χ1v) is 10.5. The van der Waals surface area contributed by atoms with E-state index in [0.29, 0.717) is 12.4 Å². The molecule has 0 saturated carbocycles. The average Bonchev–Trinajstić information content (AvgIpc) is 3.19. The molecule has 6 heteroatoms. The molecule has 0 bridgehead atoms. The van der Waals surface area contributed by atoms with Gasteiger partial charge in [0.25, 0.3) is 5.91 Å². The maximum Gasteiger partial charge on any atom is 0.281 e. The Balaban J connectivity index is 1.29. The molecule has 1 saturated heterocycles. The van der Waals surface area contributed by atoms with Crippen LogP contribution < -0.4 is 15.1 Å². The fraction of sp³-hybridized carbons (Fsp3) is 0.333. The van der Waals surface area contributed by atoms with Gasteiger partial charge in [-0.25, -0.2) is 0 Å². The van der Waals surface area contributed by atoms with Gasteiger partial charge in [-0.2, -0.15) is 0 Å². The number of carbonyl (C=O) groups is 1. The van der Waals surface area contributed by atoms with Crippen molar-refractivity contribution < 1.29 is 14.2 Å². The van der Waals surface area contributed by atoms with E-state index >= 15 is 0 Å². The standard InChI is InChI=1S/C24H28N4O2/c1-17-7-9-20(10-8-17)21-15-24(30-26-21)25-23(29)16-27-11-13-28(14-12-27)22-6-4-5-18(2)19(22)3/h4-10,15H,11-14,16H2,1-3H3,(H,25,29)/p+1. The quantitative estimate of drug-likeness (QED) is 0.685. The van der Waals surface area contributed by atoms with Crippen LogP contribution in [0.15, 0.2) is 53.1 Å². The summed E-state index contributed by atoms with van der Waals surface area (Å²) in [5.74, 6) is 0.348. The number of nitrogens with zero attached hydrogens (tertiary/aromatic N) is 2. The second kappa shape index (κ2) is 8.71. The molecule has 2 heterocycles. The van der Waals surface area contributed by atoms with Crippen molar-refractivity contribution in [2.75, 3.05) is 42.9 Å². The summed E-state index contributed by atoms with van der Waals surface area (Å²) in [4.78, 5) is 16.2. The van der Waals surface area contributed by atoms with E-state index in [1.807, 2.05) is 31.2 Å². The third-order valence-electron chi connectivity index (χ3n) is 5.92. The van der Waals surface area contributed by atoms with E-state index in [9.17, 15) is 4.79 Å². The lowest BCUT2D eigenvalue weighted by molar-refractivity contribution is -0.892. The van der Waals surface area contributed by atoms with E-state index in [1.54, 1.807) is 6.07 Å². The molecule has 1 aliphatic rings.